The molecule has 0 amide bonds. The lowest BCUT2D eigenvalue weighted by molar-refractivity contribution is 0.487. The lowest BCUT2D eigenvalue weighted by Crippen LogP contribution is -2.14. The van der Waals surface area contributed by atoms with Gasteiger partial charge >= 0.3 is 0 Å². The number of rotatable bonds is 2. The molecule has 1 aliphatic carbocycles. The molecular weight excluding hydrogens is 556 g/mol. The molecule has 0 spiro atoms. The molecule has 0 saturated heterocycles. The number of para-hydroxylation sites is 1. The predicted octanol–water partition coefficient (Wildman–Crippen LogP) is 12.6. The Morgan fingerprint density at radius 3 is 1.74 bits per heavy atom. The van der Waals surface area contributed by atoms with Gasteiger partial charge in [-0.1, -0.05) is 135 Å². The molecule has 1 nitrogen and oxygen atoms in total. The van der Waals surface area contributed by atoms with Gasteiger partial charge in [0.15, 0.2) is 0 Å². The second-order valence-corrected chi connectivity index (χ2v) is 13.2. The van der Waals surface area contributed by atoms with Crippen molar-refractivity contribution >= 4 is 32.3 Å². The van der Waals surface area contributed by atoms with Crippen molar-refractivity contribution in [2.75, 3.05) is 0 Å². The molecule has 1 aliphatic heterocycles. The van der Waals surface area contributed by atoms with Crippen LogP contribution in [0.3, 0.4) is 0 Å². The van der Waals surface area contributed by atoms with Gasteiger partial charge in [0.25, 0.3) is 0 Å². The molecule has 216 valence electrons. The van der Waals surface area contributed by atoms with Crippen molar-refractivity contribution in [1.82, 2.24) is 0 Å². The third-order valence-electron chi connectivity index (χ3n) is 10.5. The third-order valence-corrected chi connectivity index (χ3v) is 10.5. The molecule has 0 atom stereocenters. The van der Waals surface area contributed by atoms with Crippen LogP contribution in [-0.2, 0) is 5.41 Å². The average molecular weight is 587 g/mol. The summed E-state index contributed by atoms with van der Waals surface area (Å²) in [5.74, 6) is 1.83. The smallest absolute Gasteiger partial charge is 0.135 e. The van der Waals surface area contributed by atoms with E-state index in [1.165, 1.54) is 82.4 Å². The first kappa shape index (κ1) is 25.6. The lowest BCUT2D eigenvalue weighted by Gasteiger charge is -2.24. The molecule has 46 heavy (non-hydrogen) atoms. The van der Waals surface area contributed by atoms with E-state index in [1.807, 2.05) is 6.07 Å². The fourth-order valence-electron chi connectivity index (χ4n) is 8.40. The van der Waals surface area contributed by atoms with Crippen molar-refractivity contribution in [2.24, 2.45) is 0 Å². The molecule has 10 rings (SSSR count). The standard InChI is InChI=1S/C45H30O/c1-45(2)38-20-9-7-12-28(38)37-26-27(22-24-39(37)45)42-31-14-3-5-16-33(31)43(34-17-6-4-15-32(34)42)36-23-25-41-44-30(18-11-19-35(36)44)29-13-8-10-21-40(29)46-41/h3-26H,1-2H3. The summed E-state index contributed by atoms with van der Waals surface area (Å²) < 4.78 is 6.47. The Hall–Kier alpha value is -5.66. The highest BCUT2D eigenvalue weighted by atomic mass is 16.5. The van der Waals surface area contributed by atoms with Crippen LogP contribution in [0.1, 0.15) is 25.0 Å². The highest BCUT2D eigenvalue weighted by molar-refractivity contribution is 6.24. The van der Waals surface area contributed by atoms with E-state index in [4.69, 9.17) is 4.74 Å². The van der Waals surface area contributed by atoms with Gasteiger partial charge in [-0.2, -0.15) is 0 Å². The number of benzene rings is 8. The van der Waals surface area contributed by atoms with E-state index in [1.54, 1.807) is 0 Å². The Kier molecular flexibility index (Phi) is 5.12. The monoisotopic (exact) mass is 586 g/mol. The molecule has 0 aromatic heterocycles. The van der Waals surface area contributed by atoms with E-state index in [9.17, 15) is 0 Å². The summed E-state index contributed by atoms with van der Waals surface area (Å²) in [5.41, 5.74) is 12.9. The first-order chi connectivity index (χ1) is 22.6. The summed E-state index contributed by atoms with van der Waals surface area (Å²) in [7, 11) is 0. The first-order valence-corrected chi connectivity index (χ1v) is 16.1. The Morgan fingerprint density at radius 1 is 0.391 bits per heavy atom. The van der Waals surface area contributed by atoms with Crippen LogP contribution in [0.25, 0.3) is 76.8 Å². The molecule has 0 fully saturated rings. The van der Waals surface area contributed by atoms with Crippen molar-refractivity contribution in [3.05, 3.63) is 157 Å². The molecule has 8 aromatic rings. The second-order valence-electron chi connectivity index (χ2n) is 13.2. The van der Waals surface area contributed by atoms with Gasteiger partial charge in [0, 0.05) is 16.4 Å². The Balaban J connectivity index is 1.28. The summed E-state index contributed by atoms with van der Waals surface area (Å²) in [6.45, 7) is 4.70. The van der Waals surface area contributed by atoms with Crippen LogP contribution in [0.15, 0.2) is 146 Å². The zero-order valence-corrected chi connectivity index (χ0v) is 25.8. The minimum atomic E-state index is -0.0165. The minimum absolute atomic E-state index is 0.0165. The summed E-state index contributed by atoms with van der Waals surface area (Å²) >= 11 is 0. The highest BCUT2D eigenvalue weighted by Gasteiger charge is 2.35. The van der Waals surface area contributed by atoms with E-state index in [2.05, 4.69) is 153 Å². The van der Waals surface area contributed by atoms with Gasteiger partial charge < -0.3 is 4.74 Å². The van der Waals surface area contributed by atoms with E-state index in [0.29, 0.717) is 0 Å². The predicted molar refractivity (Wildman–Crippen MR) is 193 cm³/mol. The van der Waals surface area contributed by atoms with E-state index >= 15 is 0 Å². The third kappa shape index (κ3) is 3.35. The molecule has 1 heterocycles. The van der Waals surface area contributed by atoms with Crippen molar-refractivity contribution in [2.45, 2.75) is 19.3 Å². The minimum Gasteiger partial charge on any atom is -0.456 e. The molecule has 0 radical (unpaired) electrons. The van der Waals surface area contributed by atoms with Crippen LogP contribution < -0.4 is 4.74 Å². The molecule has 2 aliphatic rings. The van der Waals surface area contributed by atoms with Crippen molar-refractivity contribution in [3.63, 3.8) is 0 Å². The Morgan fingerprint density at radius 2 is 0.978 bits per heavy atom. The van der Waals surface area contributed by atoms with Crippen LogP contribution in [0, 0.1) is 0 Å². The average Bonchev–Trinajstić information content (AvgIpc) is 3.33. The summed E-state index contributed by atoms with van der Waals surface area (Å²) in [4.78, 5) is 0. The molecule has 8 aromatic carbocycles. The molecule has 1 heteroatoms. The molecular formula is C45H30O. The van der Waals surface area contributed by atoms with Gasteiger partial charge in [0.05, 0.1) is 0 Å². The van der Waals surface area contributed by atoms with Crippen LogP contribution in [0.2, 0.25) is 0 Å². The Labute approximate surface area is 268 Å². The van der Waals surface area contributed by atoms with E-state index < -0.39 is 0 Å². The first-order valence-electron chi connectivity index (χ1n) is 16.1. The summed E-state index contributed by atoms with van der Waals surface area (Å²) in [5, 5.41) is 7.44. The number of ether oxygens (including phenoxy) is 1. The van der Waals surface area contributed by atoms with Crippen molar-refractivity contribution in [1.29, 1.82) is 0 Å². The zero-order chi connectivity index (χ0) is 30.6. The maximum Gasteiger partial charge on any atom is 0.135 e. The number of fused-ring (bicyclic) bond motifs is 7. The van der Waals surface area contributed by atoms with Crippen LogP contribution in [-0.4, -0.2) is 0 Å². The van der Waals surface area contributed by atoms with Crippen LogP contribution in [0.5, 0.6) is 11.5 Å². The maximum absolute atomic E-state index is 6.47. The normalized spacial score (nSPS) is 13.8. The van der Waals surface area contributed by atoms with Gasteiger partial charge in [-0.3, -0.25) is 0 Å². The lowest BCUT2D eigenvalue weighted by atomic mass is 9.81. The number of hydrogen-bond acceptors (Lipinski definition) is 1. The van der Waals surface area contributed by atoms with E-state index in [-0.39, 0.29) is 5.41 Å². The van der Waals surface area contributed by atoms with Gasteiger partial charge in [-0.15, -0.1) is 0 Å². The van der Waals surface area contributed by atoms with Gasteiger partial charge in [0.2, 0.25) is 0 Å². The Bertz CT molecular complexity index is 2530. The van der Waals surface area contributed by atoms with Crippen LogP contribution >= 0.6 is 0 Å². The van der Waals surface area contributed by atoms with Gasteiger partial charge in [-0.05, 0) is 101 Å². The summed E-state index contributed by atoms with van der Waals surface area (Å²) in [6.07, 6.45) is 0. The maximum atomic E-state index is 6.47. The second kappa shape index (κ2) is 9.19. The van der Waals surface area contributed by atoms with E-state index in [0.717, 1.165) is 17.1 Å². The van der Waals surface area contributed by atoms with Crippen LogP contribution in [0.4, 0.5) is 0 Å². The van der Waals surface area contributed by atoms with Gasteiger partial charge in [-0.25, -0.2) is 0 Å². The SMILES string of the molecule is CC1(C)c2ccccc2-c2cc(-c3c4ccccc4c(-c4ccc5c6c(cccc46)-c4ccccc4O5)c4ccccc34)ccc21. The highest BCUT2D eigenvalue weighted by Crippen LogP contribution is 2.53. The van der Waals surface area contributed by atoms with Crippen molar-refractivity contribution < 1.29 is 4.74 Å². The zero-order valence-electron chi connectivity index (χ0n) is 25.8. The topological polar surface area (TPSA) is 9.23 Å². The summed E-state index contributed by atoms with van der Waals surface area (Å²) in [6, 6.07) is 53.4. The van der Waals surface area contributed by atoms with Gasteiger partial charge in [0.1, 0.15) is 11.5 Å². The number of hydrogen-bond donors (Lipinski definition) is 0. The van der Waals surface area contributed by atoms with Crippen molar-refractivity contribution in [3.8, 4) is 56.0 Å². The largest absolute Gasteiger partial charge is 0.456 e. The molecule has 0 bridgehead atoms. The fourth-order valence-corrected chi connectivity index (χ4v) is 8.40. The molecule has 0 saturated carbocycles. The molecule has 0 unspecified atom stereocenters. The fraction of sp³-hybridized carbons (Fsp3) is 0.0667. The molecule has 0 N–H and O–H groups in total. The quantitative estimate of drug-likeness (QED) is 0.183.